The van der Waals surface area contributed by atoms with E-state index in [0.717, 1.165) is 17.0 Å². The summed E-state index contributed by atoms with van der Waals surface area (Å²) < 4.78 is 1.43. The monoisotopic (exact) mass is 385 g/mol. The molecule has 5 rings (SSSR count). The minimum atomic E-state index is -0.127. The van der Waals surface area contributed by atoms with Gasteiger partial charge < -0.3 is 14.5 Å². The van der Waals surface area contributed by atoms with E-state index in [-0.39, 0.29) is 17.4 Å². The Morgan fingerprint density at radius 1 is 1.14 bits per heavy atom. The van der Waals surface area contributed by atoms with Crippen LogP contribution in [0.3, 0.4) is 0 Å². The molecule has 7 nitrogen and oxygen atoms in total. The predicted octanol–water partition coefficient (Wildman–Crippen LogP) is 2.44. The van der Waals surface area contributed by atoms with Crippen molar-refractivity contribution in [1.82, 2.24) is 24.4 Å². The largest absolute Gasteiger partial charge is 0.347 e. The molecule has 2 aromatic carbocycles. The van der Waals surface area contributed by atoms with E-state index in [4.69, 9.17) is 0 Å². The number of H-pyrrole nitrogens is 1. The van der Waals surface area contributed by atoms with Crippen LogP contribution in [-0.2, 0) is 13.6 Å². The second-order valence-electron chi connectivity index (χ2n) is 7.31. The van der Waals surface area contributed by atoms with E-state index in [1.165, 1.54) is 10.9 Å². The first-order chi connectivity index (χ1) is 14.1. The lowest BCUT2D eigenvalue weighted by Crippen LogP contribution is -2.38. The van der Waals surface area contributed by atoms with Gasteiger partial charge in [0.1, 0.15) is 0 Å². The smallest absolute Gasteiger partial charge is 0.260 e. The number of rotatable bonds is 2. The second-order valence-corrected chi connectivity index (χ2v) is 7.31. The maximum Gasteiger partial charge on any atom is 0.260 e. The van der Waals surface area contributed by atoms with Crippen molar-refractivity contribution in [2.75, 3.05) is 6.54 Å². The molecule has 144 valence electrons. The summed E-state index contributed by atoms with van der Waals surface area (Å²) in [6.07, 6.45) is 3.16. The number of hydrogen-bond acceptors (Lipinski definition) is 4. The van der Waals surface area contributed by atoms with Crippen LogP contribution in [0.5, 0.6) is 0 Å². The molecule has 7 heteroatoms. The van der Waals surface area contributed by atoms with Crippen molar-refractivity contribution >= 4 is 16.8 Å². The zero-order valence-electron chi connectivity index (χ0n) is 15.9. The number of imidazole rings is 1. The van der Waals surface area contributed by atoms with Gasteiger partial charge in [-0.25, -0.2) is 9.97 Å². The molecule has 2 aromatic heterocycles. The van der Waals surface area contributed by atoms with Crippen LogP contribution in [0.4, 0.5) is 0 Å². The first-order valence-electron chi connectivity index (χ1n) is 9.43. The molecule has 1 aliphatic heterocycles. The number of carbonyl (C=O) groups excluding carboxylic acids is 1. The van der Waals surface area contributed by atoms with Gasteiger partial charge >= 0.3 is 0 Å². The van der Waals surface area contributed by atoms with Gasteiger partial charge in [0.2, 0.25) is 0 Å². The molecule has 0 saturated carbocycles. The molecule has 29 heavy (non-hydrogen) atoms. The molecule has 1 aliphatic rings. The van der Waals surface area contributed by atoms with Crippen LogP contribution in [0, 0.1) is 0 Å². The van der Waals surface area contributed by atoms with Gasteiger partial charge in [0.05, 0.1) is 41.5 Å². The molecule has 0 saturated heterocycles. The van der Waals surface area contributed by atoms with Crippen molar-refractivity contribution in [3.8, 4) is 0 Å². The number of aromatic amines is 1. The standard InChI is InChI=1S/C22H19N5O2/c1-26-13-25-18-9-15(7-8-16(18)22(26)29)21(28)27-10-17(14-5-3-2-4-6-14)20-19(11-27)23-12-24-20/h2-9,12-13,17H,10-11H2,1H3,(H,23,24). The van der Waals surface area contributed by atoms with Crippen LogP contribution in [-0.4, -0.2) is 36.9 Å². The summed E-state index contributed by atoms with van der Waals surface area (Å²) in [4.78, 5) is 39.3. The fourth-order valence-corrected chi connectivity index (χ4v) is 3.95. The number of amides is 1. The van der Waals surface area contributed by atoms with Crippen molar-refractivity contribution in [3.63, 3.8) is 0 Å². The van der Waals surface area contributed by atoms with Crippen LogP contribution >= 0.6 is 0 Å². The summed E-state index contributed by atoms with van der Waals surface area (Å²) >= 11 is 0. The Morgan fingerprint density at radius 3 is 2.79 bits per heavy atom. The maximum absolute atomic E-state index is 13.3. The summed E-state index contributed by atoms with van der Waals surface area (Å²) in [5, 5.41) is 0.503. The van der Waals surface area contributed by atoms with Crippen LogP contribution < -0.4 is 5.56 Å². The minimum absolute atomic E-state index is 0.0148. The first-order valence-corrected chi connectivity index (χ1v) is 9.43. The highest BCUT2D eigenvalue weighted by atomic mass is 16.2. The molecule has 0 bridgehead atoms. The fourth-order valence-electron chi connectivity index (χ4n) is 3.95. The van der Waals surface area contributed by atoms with Gasteiger partial charge in [-0.1, -0.05) is 30.3 Å². The van der Waals surface area contributed by atoms with E-state index in [1.807, 2.05) is 23.1 Å². The quantitative estimate of drug-likeness (QED) is 0.574. The zero-order valence-corrected chi connectivity index (χ0v) is 15.9. The number of hydrogen-bond donors (Lipinski definition) is 1. The highest BCUT2D eigenvalue weighted by Crippen LogP contribution is 2.32. The number of nitrogens with zero attached hydrogens (tertiary/aromatic N) is 4. The fraction of sp³-hybridized carbons (Fsp3) is 0.182. The number of aromatic nitrogens is 4. The number of benzene rings is 2. The predicted molar refractivity (Wildman–Crippen MR) is 109 cm³/mol. The molecule has 1 amide bonds. The first kappa shape index (κ1) is 17.4. The molecule has 1 N–H and O–H groups in total. The Morgan fingerprint density at radius 2 is 1.97 bits per heavy atom. The molecule has 0 aliphatic carbocycles. The van der Waals surface area contributed by atoms with Gasteiger partial charge in [0.15, 0.2) is 0 Å². The molecule has 3 heterocycles. The van der Waals surface area contributed by atoms with E-state index in [1.54, 1.807) is 31.6 Å². The van der Waals surface area contributed by atoms with E-state index in [2.05, 4.69) is 27.1 Å². The van der Waals surface area contributed by atoms with Crippen molar-refractivity contribution < 1.29 is 4.79 Å². The third-order valence-corrected chi connectivity index (χ3v) is 5.49. The van der Waals surface area contributed by atoms with Crippen LogP contribution in [0.1, 0.15) is 33.2 Å². The SMILES string of the molecule is Cn1cnc2cc(C(=O)N3Cc4[nH]cnc4C(c4ccccc4)C3)ccc2c1=O. The van der Waals surface area contributed by atoms with Gasteiger partial charge in [-0.2, -0.15) is 0 Å². The summed E-state index contributed by atoms with van der Waals surface area (Å²) in [6.45, 7) is 1.02. The number of nitrogens with one attached hydrogen (secondary N) is 1. The molecule has 4 aromatic rings. The van der Waals surface area contributed by atoms with E-state index in [9.17, 15) is 9.59 Å². The second kappa shape index (κ2) is 6.70. The van der Waals surface area contributed by atoms with Crippen molar-refractivity contribution in [3.05, 3.63) is 94.1 Å². The van der Waals surface area contributed by atoms with Gasteiger partial charge in [-0.05, 0) is 23.8 Å². The molecule has 0 spiro atoms. The van der Waals surface area contributed by atoms with Gasteiger partial charge in [-0.3, -0.25) is 9.59 Å². The molecule has 0 radical (unpaired) electrons. The minimum Gasteiger partial charge on any atom is -0.347 e. The topological polar surface area (TPSA) is 83.9 Å². The Bertz CT molecular complexity index is 1280. The highest BCUT2D eigenvalue weighted by Gasteiger charge is 2.31. The number of carbonyl (C=O) groups is 1. The van der Waals surface area contributed by atoms with Crippen LogP contribution in [0.25, 0.3) is 10.9 Å². The normalized spacial score (nSPS) is 16.0. The summed E-state index contributed by atoms with van der Waals surface area (Å²) in [5.41, 5.74) is 3.99. The third kappa shape index (κ3) is 2.91. The molecule has 1 unspecified atom stereocenters. The van der Waals surface area contributed by atoms with Crippen LogP contribution in [0.2, 0.25) is 0 Å². The van der Waals surface area contributed by atoms with Gasteiger partial charge in [-0.15, -0.1) is 0 Å². The summed E-state index contributed by atoms with van der Waals surface area (Å²) in [6, 6.07) is 15.2. The summed E-state index contributed by atoms with van der Waals surface area (Å²) in [7, 11) is 1.66. The third-order valence-electron chi connectivity index (χ3n) is 5.49. The Kier molecular flexibility index (Phi) is 4.01. The Hall–Kier alpha value is -3.74. The van der Waals surface area contributed by atoms with E-state index < -0.39 is 0 Å². The molecule has 1 atom stereocenters. The lowest BCUT2D eigenvalue weighted by atomic mass is 9.90. The van der Waals surface area contributed by atoms with Crippen molar-refractivity contribution in [2.45, 2.75) is 12.5 Å². The maximum atomic E-state index is 13.3. The van der Waals surface area contributed by atoms with Crippen LogP contribution in [0.15, 0.2) is 66.0 Å². The lowest BCUT2D eigenvalue weighted by molar-refractivity contribution is 0.0722. The van der Waals surface area contributed by atoms with Crippen molar-refractivity contribution in [1.29, 1.82) is 0 Å². The van der Waals surface area contributed by atoms with Gasteiger partial charge in [0, 0.05) is 25.1 Å². The average molecular weight is 385 g/mol. The van der Waals surface area contributed by atoms with E-state index in [0.29, 0.717) is 29.6 Å². The Balaban J connectivity index is 1.51. The number of aryl methyl sites for hydroxylation is 1. The lowest BCUT2D eigenvalue weighted by Gasteiger charge is -2.32. The zero-order chi connectivity index (χ0) is 20.0. The average Bonchev–Trinajstić information content (AvgIpc) is 3.24. The van der Waals surface area contributed by atoms with E-state index >= 15 is 0 Å². The van der Waals surface area contributed by atoms with Crippen molar-refractivity contribution in [2.24, 2.45) is 7.05 Å². The highest BCUT2D eigenvalue weighted by molar-refractivity contribution is 5.97. The summed E-state index contributed by atoms with van der Waals surface area (Å²) in [5.74, 6) is -0.0726. The van der Waals surface area contributed by atoms with Gasteiger partial charge in [0.25, 0.3) is 11.5 Å². The molecular weight excluding hydrogens is 366 g/mol. The number of fused-ring (bicyclic) bond motifs is 2. The molecular formula is C22H19N5O2. The molecule has 0 fully saturated rings. The Labute approximate surface area is 166 Å².